The normalized spacial score (nSPS) is 17.1. The Hall–Kier alpha value is -3.06. The van der Waals surface area contributed by atoms with Gasteiger partial charge >= 0.3 is 0 Å². The summed E-state index contributed by atoms with van der Waals surface area (Å²) in [5.74, 6) is 1.23. The molecule has 0 spiro atoms. The Kier molecular flexibility index (Phi) is 4.93. The molecule has 1 aromatic carbocycles. The minimum absolute atomic E-state index is 0.0611. The number of H-pyrrole nitrogens is 1. The first-order chi connectivity index (χ1) is 13.2. The van der Waals surface area contributed by atoms with Gasteiger partial charge in [-0.2, -0.15) is 5.10 Å². The molecular weight excluding hydrogens is 344 g/mol. The van der Waals surface area contributed by atoms with Crippen molar-refractivity contribution in [2.75, 3.05) is 31.1 Å². The van der Waals surface area contributed by atoms with Gasteiger partial charge in [0.2, 0.25) is 0 Å². The van der Waals surface area contributed by atoms with Crippen molar-refractivity contribution in [1.82, 2.24) is 15.5 Å². The molecule has 0 aliphatic carbocycles. The smallest absolute Gasteiger partial charge is 0.271 e. The molecule has 1 atom stereocenters. The Bertz CT molecular complexity index is 903. The second kappa shape index (κ2) is 7.67. The van der Waals surface area contributed by atoms with Crippen LogP contribution in [0.5, 0.6) is 0 Å². The predicted molar refractivity (Wildman–Crippen MR) is 102 cm³/mol. The SMILES string of the molecule is Cc1ccc(-c2cc(C(=O)NCC3CN(c4ccccc4)CCO3)n[nH]2)o1. The van der Waals surface area contributed by atoms with Crippen molar-refractivity contribution >= 4 is 11.6 Å². The van der Waals surface area contributed by atoms with E-state index in [4.69, 9.17) is 9.15 Å². The summed E-state index contributed by atoms with van der Waals surface area (Å²) in [6, 6.07) is 15.6. The summed E-state index contributed by atoms with van der Waals surface area (Å²) >= 11 is 0. The molecule has 27 heavy (non-hydrogen) atoms. The summed E-state index contributed by atoms with van der Waals surface area (Å²) in [6.07, 6.45) is -0.0611. The Morgan fingerprint density at radius 3 is 2.93 bits per heavy atom. The van der Waals surface area contributed by atoms with Gasteiger partial charge in [0.05, 0.1) is 12.7 Å². The highest BCUT2D eigenvalue weighted by Gasteiger charge is 2.22. The van der Waals surface area contributed by atoms with Crippen molar-refractivity contribution in [3.63, 3.8) is 0 Å². The molecule has 1 amide bonds. The van der Waals surface area contributed by atoms with E-state index in [0.717, 1.165) is 18.8 Å². The van der Waals surface area contributed by atoms with Gasteiger partial charge < -0.3 is 19.4 Å². The van der Waals surface area contributed by atoms with Gasteiger partial charge in [0, 0.05) is 31.4 Å². The number of aromatic nitrogens is 2. The average molecular weight is 366 g/mol. The van der Waals surface area contributed by atoms with Crippen LogP contribution < -0.4 is 10.2 Å². The minimum Gasteiger partial charge on any atom is -0.460 e. The van der Waals surface area contributed by atoms with E-state index in [0.29, 0.717) is 30.3 Å². The fraction of sp³-hybridized carbons (Fsp3) is 0.300. The summed E-state index contributed by atoms with van der Waals surface area (Å²) in [5, 5.41) is 9.83. The zero-order chi connectivity index (χ0) is 18.6. The molecule has 0 bridgehead atoms. The highest BCUT2D eigenvalue weighted by atomic mass is 16.5. The Balaban J connectivity index is 1.33. The Morgan fingerprint density at radius 2 is 2.15 bits per heavy atom. The van der Waals surface area contributed by atoms with Crippen molar-refractivity contribution in [3.05, 3.63) is 60.0 Å². The average Bonchev–Trinajstić information content (AvgIpc) is 3.36. The number of nitrogens with zero attached hydrogens (tertiary/aromatic N) is 2. The number of hydrogen-bond acceptors (Lipinski definition) is 5. The number of aromatic amines is 1. The van der Waals surface area contributed by atoms with E-state index in [1.807, 2.05) is 37.3 Å². The van der Waals surface area contributed by atoms with E-state index >= 15 is 0 Å². The first-order valence-corrected chi connectivity index (χ1v) is 9.01. The maximum atomic E-state index is 12.4. The fourth-order valence-corrected chi connectivity index (χ4v) is 3.16. The van der Waals surface area contributed by atoms with Crippen LogP contribution in [0.3, 0.4) is 0 Å². The van der Waals surface area contributed by atoms with Crippen molar-refractivity contribution in [1.29, 1.82) is 0 Å². The number of amides is 1. The van der Waals surface area contributed by atoms with E-state index in [1.54, 1.807) is 6.07 Å². The number of hydrogen-bond donors (Lipinski definition) is 2. The first kappa shape index (κ1) is 17.4. The second-order valence-electron chi connectivity index (χ2n) is 6.56. The lowest BCUT2D eigenvalue weighted by molar-refractivity contribution is 0.0396. The third-order valence-electron chi connectivity index (χ3n) is 4.57. The standard InChI is InChI=1S/C20H22N4O3/c1-14-7-8-19(27-14)17-11-18(23-22-17)20(25)21-12-16-13-24(9-10-26-16)15-5-3-2-4-6-15/h2-8,11,16H,9-10,12-13H2,1H3,(H,21,25)(H,22,23). The van der Waals surface area contributed by atoms with Gasteiger partial charge in [0.15, 0.2) is 11.5 Å². The number of para-hydroxylation sites is 1. The van der Waals surface area contributed by atoms with Crippen LogP contribution in [0.25, 0.3) is 11.5 Å². The van der Waals surface area contributed by atoms with Crippen LogP contribution in [-0.4, -0.2) is 48.4 Å². The van der Waals surface area contributed by atoms with Gasteiger partial charge in [-0.3, -0.25) is 9.89 Å². The number of carbonyl (C=O) groups excluding carboxylic acids is 1. The highest BCUT2D eigenvalue weighted by Crippen LogP contribution is 2.20. The van der Waals surface area contributed by atoms with Crippen molar-refractivity contribution < 1.29 is 13.9 Å². The Labute approximate surface area is 157 Å². The van der Waals surface area contributed by atoms with Gasteiger partial charge in [-0.15, -0.1) is 0 Å². The maximum Gasteiger partial charge on any atom is 0.271 e. The third kappa shape index (κ3) is 4.03. The number of carbonyl (C=O) groups is 1. The van der Waals surface area contributed by atoms with E-state index in [-0.39, 0.29) is 12.0 Å². The third-order valence-corrected chi connectivity index (χ3v) is 4.57. The van der Waals surface area contributed by atoms with Crippen LogP contribution >= 0.6 is 0 Å². The van der Waals surface area contributed by atoms with Crippen LogP contribution in [0, 0.1) is 6.92 Å². The summed E-state index contributed by atoms with van der Waals surface area (Å²) in [7, 11) is 0. The molecule has 2 aromatic heterocycles. The molecule has 1 aliphatic rings. The van der Waals surface area contributed by atoms with Crippen LogP contribution in [0.2, 0.25) is 0 Å². The van der Waals surface area contributed by atoms with Gasteiger partial charge in [0.25, 0.3) is 5.91 Å². The van der Waals surface area contributed by atoms with Crippen LogP contribution in [0.4, 0.5) is 5.69 Å². The zero-order valence-electron chi connectivity index (χ0n) is 15.1. The zero-order valence-corrected chi connectivity index (χ0v) is 15.1. The molecule has 1 fully saturated rings. The number of anilines is 1. The monoisotopic (exact) mass is 366 g/mol. The molecule has 1 unspecified atom stereocenters. The fourth-order valence-electron chi connectivity index (χ4n) is 3.16. The summed E-state index contributed by atoms with van der Waals surface area (Å²) in [5.41, 5.74) is 2.18. The minimum atomic E-state index is -0.235. The number of morpholine rings is 1. The molecule has 0 radical (unpaired) electrons. The van der Waals surface area contributed by atoms with Crippen LogP contribution in [0.1, 0.15) is 16.2 Å². The molecule has 7 heteroatoms. The van der Waals surface area contributed by atoms with Crippen LogP contribution in [-0.2, 0) is 4.74 Å². The first-order valence-electron chi connectivity index (χ1n) is 9.01. The quantitative estimate of drug-likeness (QED) is 0.725. The highest BCUT2D eigenvalue weighted by molar-refractivity contribution is 5.93. The lowest BCUT2D eigenvalue weighted by Crippen LogP contribution is -2.47. The molecular formula is C20H22N4O3. The number of rotatable bonds is 5. The molecule has 2 N–H and O–H groups in total. The number of aryl methyl sites for hydroxylation is 1. The summed E-state index contributed by atoms with van der Waals surface area (Å²) in [4.78, 5) is 14.7. The number of benzene rings is 1. The molecule has 140 valence electrons. The lowest BCUT2D eigenvalue weighted by atomic mass is 10.2. The van der Waals surface area contributed by atoms with Crippen molar-refractivity contribution in [3.8, 4) is 11.5 Å². The number of nitrogens with one attached hydrogen (secondary N) is 2. The second-order valence-corrected chi connectivity index (χ2v) is 6.56. The molecule has 3 aromatic rings. The molecule has 1 saturated heterocycles. The van der Waals surface area contributed by atoms with Crippen LogP contribution in [0.15, 0.2) is 52.9 Å². The summed E-state index contributed by atoms with van der Waals surface area (Å²) < 4.78 is 11.3. The molecule has 4 rings (SSSR count). The molecule has 3 heterocycles. The maximum absolute atomic E-state index is 12.4. The Morgan fingerprint density at radius 1 is 1.30 bits per heavy atom. The molecule has 7 nitrogen and oxygen atoms in total. The van der Waals surface area contributed by atoms with E-state index in [2.05, 4.69) is 32.5 Å². The lowest BCUT2D eigenvalue weighted by Gasteiger charge is -2.34. The summed E-state index contributed by atoms with van der Waals surface area (Å²) in [6.45, 7) is 4.53. The number of ether oxygens (including phenoxy) is 1. The van der Waals surface area contributed by atoms with E-state index < -0.39 is 0 Å². The molecule has 1 aliphatic heterocycles. The van der Waals surface area contributed by atoms with Gasteiger partial charge in [-0.1, -0.05) is 18.2 Å². The van der Waals surface area contributed by atoms with Crippen molar-refractivity contribution in [2.24, 2.45) is 0 Å². The van der Waals surface area contributed by atoms with E-state index in [1.165, 1.54) is 5.69 Å². The molecule has 0 saturated carbocycles. The largest absolute Gasteiger partial charge is 0.460 e. The van der Waals surface area contributed by atoms with Crippen molar-refractivity contribution in [2.45, 2.75) is 13.0 Å². The van der Waals surface area contributed by atoms with Gasteiger partial charge in [0.1, 0.15) is 11.5 Å². The predicted octanol–water partition coefficient (Wildman–Crippen LogP) is 2.61. The number of furan rings is 1. The van der Waals surface area contributed by atoms with Gasteiger partial charge in [-0.25, -0.2) is 0 Å². The van der Waals surface area contributed by atoms with E-state index in [9.17, 15) is 4.79 Å². The van der Waals surface area contributed by atoms with Gasteiger partial charge in [-0.05, 0) is 31.2 Å². The topological polar surface area (TPSA) is 83.4 Å².